The summed E-state index contributed by atoms with van der Waals surface area (Å²) < 4.78 is 12.1. The number of nitrogens with zero attached hydrogens (tertiary/aromatic N) is 1. The first-order valence-electron chi connectivity index (χ1n) is 6.23. The topological polar surface area (TPSA) is 20.3 Å². The van der Waals surface area contributed by atoms with Gasteiger partial charge in [0, 0.05) is 24.9 Å². The minimum atomic E-state index is -1.97. The Labute approximate surface area is 105 Å². The lowest BCUT2D eigenvalue weighted by atomic mass is 10.2. The van der Waals surface area contributed by atoms with Gasteiger partial charge in [-0.3, -0.25) is 0 Å². The highest BCUT2D eigenvalue weighted by Gasteiger charge is 2.13. The molecule has 0 aliphatic heterocycles. The summed E-state index contributed by atoms with van der Waals surface area (Å²) >= 11 is 0. The number of benzene rings is 1. The van der Waals surface area contributed by atoms with Crippen LogP contribution in [0.3, 0.4) is 0 Å². The normalized spacial score (nSPS) is 14.7. The number of hydrogen-bond donors (Lipinski definition) is 0. The van der Waals surface area contributed by atoms with Crippen molar-refractivity contribution in [3.8, 4) is 0 Å². The molecule has 2 nitrogen and oxygen atoms in total. The molecule has 1 rings (SSSR count). The van der Waals surface area contributed by atoms with Crippen LogP contribution in [-0.2, 0) is 10.7 Å². The van der Waals surface area contributed by atoms with Gasteiger partial charge in [0.2, 0.25) is 0 Å². The highest BCUT2D eigenvalue weighted by atomic mass is 31.2. The van der Waals surface area contributed by atoms with Gasteiger partial charge in [-0.15, -0.1) is 0 Å². The van der Waals surface area contributed by atoms with Gasteiger partial charge in [0.25, 0.3) is 0 Å². The molecule has 0 bridgehead atoms. The van der Waals surface area contributed by atoms with Gasteiger partial charge in [0.15, 0.2) is 0 Å². The second-order valence-electron chi connectivity index (χ2n) is 5.14. The van der Waals surface area contributed by atoms with Crippen LogP contribution in [-0.4, -0.2) is 25.9 Å². The predicted molar refractivity (Wildman–Crippen MR) is 77.8 cm³/mol. The largest absolute Gasteiger partial charge is 0.372 e. The van der Waals surface area contributed by atoms with Crippen molar-refractivity contribution in [2.75, 3.05) is 24.8 Å². The third-order valence-corrected chi connectivity index (χ3v) is 5.68. The van der Waals surface area contributed by atoms with Gasteiger partial charge >= 0.3 is 0 Å². The van der Waals surface area contributed by atoms with Crippen LogP contribution >= 0.6 is 7.14 Å². The number of hydrogen-bond acceptors (Lipinski definition) is 2. The molecule has 0 aromatic heterocycles. The Kier molecular flexibility index (Phi) is 4.82. The zero-order valence-electron chi connectivity index (χ0n) is 11.6. The fourth-order valence-corrected chi connectivity index (χ4v) is 2.84. The molecule has 0 aliphatic rings. The third-order valence-electron chi connectivity index (χ3n) is 3.30. The Bertz CT molecular complexity index is 397. The van der Waals surface area contributed by atoms with Crippen molar-refractivity contribution in [2.45, 2.75) is 33.0 Å². The molecule has 0 spiro atoms. The maximum Gasteiger partial charge on any atom is 0.0887 e. The van der Waals surface area contributed by atoms with Gasteiger partial charge in [-0.2, -0.15) is 0 Å². The fraction of sp³-hybridized carbons (Fsp3) is 0.571. The summed E-state index contributed by atoms with van der Waals surface area (Å²) in [5, 5.41) is 0. The Hall–Kier alpha value is -0.750. The van der Waals surface area contributed by atoms with Crippen LogP contribution in [0.2, 0.25) is 0 Å². The summed E-state index contributed by atoms with van der Waals surface area (Å²) in [7, 11) is 0.127. The summed E-state index contributed by atoms with van der Waals surface area (Å²) in [5.74, 6) is 0. The van der Waals surface area contributed by atoms with Crippen LogP contribution in [0.1, 0.15) is 26.3 Å². The highest BCUT2D eigenvalue weighted by Crippen LogP contribution is 2.44. The van der Waals surface area contributed by atoms with Crippen molar-refractivity contribution in [2.24, 2.45) is 0 Å². The van der Waals surface area contributed by atoms with Gasteiger partial charge in [0.05, 0.1) is 7.14 Å². The van der Waals surface area contributed by atoms with Crippen LogP contribution in [0.5, 0.6) is 0 Å². The quantitative estimate of drug-likeness (QED) is 0.738. The van der Waals surface area contributed by atoms with Crippen molar-refractivity contribution >= 4 is 12.8 Å². The molecule has 96 valence electrons. The highest BCUT2D eigenvalue weighted by molar-refractivity contribution is 7.62. The second-order valence-corrected chi connectivity index (χ2v) is 8.68. The smallest absolute Gasteiger partial charge is 0.0887 e. The van der Waals surface area contributed by atoms with Crippen molar-refractivity contribution in [3.05, 3.63) is 29.8 Å². The van der Waals surface area contributed by atoms with Crippen LogP contribution in [0, 0.1) is 0 Å². The van der Waals surface area contributed by atoms with Gasteiger partial charge in [-0.05, 0) is 44.4 Å². The lowest BCUT2D eigenvalue weighted by Gasteiger charge is -2.24. The zero-order chi connectivity index (χ0) is 13.1. The summed E-state index contributed by atoms with van der Waals surface area (Å²) in [6.07, 6.45) is 1.50. The van der Waals surface area contributed by atoms with Crippen LogP contribution in [0.25, 0.3) is 0 Å². The Morgan fingerprint density at radius 2 is 1.76 bits per heavy atom. The first kappa shape index (κ1) is 14.3. The minimum absolute atomic E-state index is 0.494. The average molecular weight is 253 g/mol. The molecule has 0 heterocycles. The second kappa shape index (κ2) is 5.73. The van der Waals surface area contributed by atoms with E-state index in [0.717, 1.165) is 12.3 Å². The Morgan fingerprint density at radius 3 is 2.18 bits per heavy atom. The molecule has 0 fully saturated rings. The van der Waals surface area contributed by atoms with Gasteiger partial charge in [0.1, 0.15) is 0 Å². The SMILES string of the molecule is CCP(C)(=O)Cc1ccc(N(C)C(C)C)cc1. The predicted octanol–water partition coefficient (Wildman–Crippen LogP) is 4.04. The fourth-order valence-electron chi connectivity index (χ4n) is 1.63. The Balaban J connectivity index is 2.78. The van der Waals surface area contributed by atoms with Crippen LogP contribution in [0.15, 0.2) is 24.3 Å². The summed E-state index contributed by atoms with van der Waals surface area (Å²) in [5.41, 5.74) is 2.39. The molecule has 0 radical (unpaired) electrons. The van der Waals surface area contributed by atoms with E-state index in [2.05, 4.69) is 50.1 Å². The molecule has 1 aromatic carbocycles. The molecule has 1 atom stereocenters. The van der Waals surface area contributed by atoms with E-state index < -0.39 is 7.14 Å². The van der Waals surface area contributed by atoms with Crippen molar-refractivity contribution in [1.82, 2.24) is 0 Å². The zero-order valence-corrected chi connectivity index (χ0v) is 12.5. The van der Waals surface area contributed by atoms with E-state index in [4.69, 9.17) is 0 Å². The molecule has 1 aromatic rings. The first-order valence-corrected chi connectivity index (χ1v) is 8.75. The molecular weight excluding hydrogens is 229 g/mol. The van der Waals surface area contributed by atoms with E-state index in [-0.39, 0.29) is 0 Å². The number of anilines is 1. The van der Waals surface area contributed by atoms with Gasteiger partial charge < -0.3 is 9.46 Å². The average Bonchev–Trinajstić information content (AvgIpc) is 2.28. The van der Waals surface area contributed by atoms with Gasteiger partial charge in [-0.1, -0.05) is 19.1 Å². The van der Waals surface area contributed by atoms with E-state index >= 15 is 0 Å². The third kappa shape index (κ3) is 4.20. The van der Waals surface area contributed by atoms with Crippen molar-refractivity contribution in [1.29, 1.82) is 0 Å². The molecule has 0 aliphatic carbocycles. The molecule has 1 unspecified atom stereocenters. The summed E-state index contributed by atoms with van der Waals surface area (Å²) in [4.78, 5) is 2.23. The molecule has 0 amide bonds. The first-order chi connectivity index (χ1) is 7.85. The van der Waals surface area contributed by atoms with E-state index in [0.29, 0.717) is 6.04 Å². The number of rotatable bonds is 5. The van der Waals surface area contributed by atoms with Crippen LogP contribution in [0.4, 0.5) is 5.69 Å². The molecule has 0 saturated heterocycles. The van der Waals surface area contributed by atoms with Crippen molar-refractivity contribution < 1.29 is 4.57 Å². The van der Waals surface area contributed by atoms with Crippen LogP contribution < -0.4 is 4.90 Å². The maximum absolute atomic E-state index is 12.1. The standard InChI is InChI=1S/C14H24NOP/c1-6-17(5,16)11-13-7-9-14(10-8-13)15(4)12(2)3/h7-10,12H,6,11H2,1-5H3. The molecule has 0 N–H and O–H groups in total. The van der Waals surface area contributed by atoms with Crippen molar-refractivity contribution in [3.63, 3.8) is 0 Å². The minimum Gasteiger partial charge on any atom is -0.372 e. The monoisotopic (exact) mass is 253 g/mol. The molecule has 0 saturated carbocycles. The van der Waals surface area contributed by atoms with E-state index in [9.17, 15) is 4.57 Å². The summed E-state index contributed by atoms with van der Waals surface area (Å²) in [6.45, 7) is 8.24. The molecule has 3 heteroatoms. The van der Waals surface area contributed by atoms with E-state index in [1.165, 1.54) is 11.3 Å². The lowest BCUT2D eigenvalue weighted by Crippen LogP contribution is -2.25. The maximum atomic E-state index is 12.1. The Morgan fingerprint density at radius 1 is 1.24 bits per heavy atom. The molecule has 17 heavy (non-hydrogen) atoms. The lowest BCUT2D eigenvalue weighted by molar-refractivity contribution is 0.578. The van der Waals surface area contributed by atoms with Gasteiger partial charge in [-0.25, -0.2) is 0 Å². The summed E-state index contributed by atoms with van der Waals surface area (Å²) in [6, 6.07) is 8.92. The van der Waals surface area contributed by atoms with E-state index in [1.807, 2.05) is 13.6 Å². The molecular formula is C14H24NOP. The van der Waals surface area contributed by atoms with E-state index in [1.54, 1.807) is 0 Å².